The fraction of sp³-hybridized carbons (Fsp3) is 0.500. The molecule has 0 spiro atoms. The highest BCUT2D eigenvalue weighted by Gasteiger charge is 2.27. The lowest BCUT2D eigenvalue weighted by atomic mass is 10.2. The summed E-state index contributed by atoms with van der Waals surface area (Å²) in [5.74, 6) is 0. The van der Waals surface area contributed by atoms with Gasteiger partial charge in [0.15, 0.2) is 5.11 Å². The van der Waals surface area contributed by atoms with Crippen LogP contribution >= 0.6 is 23.8 Å². The minimum absolute atomic E-state index is 0.750. The summed E-state index contributed by atoms with van der Waals surface area (Å²) in [6, 6.07) is 5.96. The van der Waals surface area contributed by atoms with Crippen LogP contribution in [-0.2, 0) is 0 Å². The SMILES string of the molecule is CCN1CN(CC)C(=S)N(c2cc(Cl)ccc2C)C1. The first-order valence-corrected chi connectivity index (χ1v) is 7.40. The van der Waals surface area contributed by atoms with Gasteiger partial charge in [0.25, 0.3) is 0 Å². The summed E-state index contributed by atoms with van der Waals surface area (Å²) in [7, 11) is 0. The monoisotopic (exact) mass is 297 g/mol. The van der Waals surface area contributed by atoms with E-state index in [1.807, 2.05) is 18.2 Å². The van der Waals surface area contributed by atoms with Gasteiger partial charge in [0, 0.05) is 17.3 Å². The maximum Gasteiger partial charge on any atom is 0.178 e. The molecular formula is C14H20ClN3S. The number of halogens is 1. The fourth-order valence-corrected chi connectivity index (χ4v) is 2.77. The van der Waals surface area contributed by atoms with Gasteiger partial charge in [-0.1, -0.05) is 24.6 Å². The molecule has 1 aromatic rings. The number of aryl methyl sites for hydroxylation is 1. The van der Waals surface area contributed by atoms with E-state index in [0.29, 0.717) is 0 Å². The number of hydrogen-bond acceptors (Lipinski definition) is 2. The Hall–Kier alpha value is -0.840. The van der Waals surface area contributed by atoms with Crippen LogP contribution in [0.25, 0.3) is 0 Å². The van der Waals surface area contributed by atoms with E-state index in [4.69, 9.17) is 23.8 Å². The highest BCUT2D eigenvalue weighted by atomic mass is 35.5. The van der Waals surface area contributed by atoms with E-state index in [9.17, 15) is 0 Å². The second-order valence-corrected chi connectivity index (χ2v) is 5.57. The summed E-state index contributed by atoms with van der Waals surface area (Å²) in [6.07, 6.45) is 0. The number of hydrogen-bond donors (Lipinski definition) is 0. The summed E-state index contributed by atoms with van der Waals surface area (Å²) < 4.78 is 0. The largest absolute Gasteiger partial charge is 0.336 e. The molecule has 1 saturated heterocycles. The number of benzene rings is 1. The summed E-state index contributed by atoms with van der Waals surface area (Å²) >= 11 is 11.7. The number of anilines is 1. The minimum Gasteiger partial charge on any atom is -0.336 e. The van der Waals surface area contributed by atoms with Crippen molar-refractivity contribution < 1.29 is 0 Å². The van der Waals surface area contributed by atoms with Crippen LogP contribution in [0.2, 0.25) is 5.02 Å². The quantitative estimate of drug-likeness (QED) is 0.792. The zero-order valence-electron chi connectivity index (χ0n) is 11.7. The number of nitrogens with zero attached hydrogens (tertiary/aromatic N) is 3. The van der Waals surface area contributed by atoms with Crippen LogP contribution in [0.4, 0.5) is 5.69 Å². The van der Waals surface area contributed by atoms with Crippen molar-refractivity contribution in [3.8, 4) is 0 Å². The molecule has 104 valence electrons. The van der Waals surface area contributed by atoms with Gasteiger partial charge in [-0.3, -0.25) is 4.90 Å². The van der Waals surface area contributed by atoms with Crippen LogP contribution in [0.15, 0.2) is 18.2 Å². The zero-order chi connectivity index (χ0) is 14.0. The predicted molar refractivity (Wildman–Crippen MR) is 85.8 cm³/mol. The first-order valence-electron chi connectivity index (χ1n) is 6.61. The van der Waals surface area contributed by atoms with E-state index < -0.39 is 0 Å². The number of thiocarbonyl (C=S) groups is 1. The molecule has 0 atom stereocenters. The Labute approximate surface area is 125 Å². The Kier molecular flexibility index (Phi) is 4.66. The van der Waals surface area contributed by atoms with Gasteiger partial charge in [0.2, 0.25) is 0 Å². The second-order valence-electron chi connectivity index (χ2n) is 4.77. The summed E-state index contributed by atoms with van der Waals surface area (Å²) in [6.45, 7) is 10.1. The summed E-state index contributed by atoms with van der Waals surface area (Å²) in [4.78, 5) is 6.75. The van der Waals surface area contributed by atoms with E-state index in [1.54, 1.807) is 0 Å². The Bertz CT molecular complexity index is 478. The average molecular weight is 298 g/mol. The smallest absolute Gasteiger partial charge is 0.178 e. The van der Waals surface area contributed by atoms with Crippen LogP contribution in [0, 0.1) is 6.92 Å². The molecule has 1 aliphatic heterocycles. The first-order chi connectivity index (χ1) is 9.06. The third-order valence-electron chi connectivity index (χ3n) is 3.50. The van der Waals surface area contributed by atoms with Gasteiger partial charge in [-0.2, -0.15) is 0 Å². The molecule has 0 bridgehead atoms. The molecule has 0 amide bonds. The predicted octanol–water partition coefficient (Wildman–Crippen LogP) is 3.31. The highest BCUT2D eigenvalue weighted by molar-refractivity contribution is 7.80. The lowest BCUT2D eigenvalue weighted by molar-refractivity contribution is 0.179. The minimum atomic E-state index is 0.750. The van der Waals surface area contributed by atoms with Crippen LogP contribution < -0.4 is 4.90 Å². The summed E-state index contributed by atoms with van der Waals surface area (Å²) in [5.41, 5.74) is 2.30. The Morgan fingerprint density at radius 1 is 1.21 bits per heavy atom. The molecule has 1 fully saturated rings. The van der Waals surface area contributed by atoms with Crippen molar-refractivity contribution in [1.82, 2.24) is 9.80 Å². The van der Waals surface area contributed by atoms with Crippen molar-refractivity contribution in [3.05, 3.63) is 28.8 Å². The molecule has 3 nitrogen and oxygen atoms in total. The van der Waals surface area contributed by atoms with Gasteiger partial charge < -0.3 is 9.80 Å². The molecule has 0 unspecified atom stereocenters. The molecule has 5 heteroatoms. The Morgan fingerprint density at radius 3 is 2.58 bits per heavy atom. The Balaban J connectivity index is 2.35. The third kappa shape index (κ3) is 3.02. The van der Waals surface area contributed by atoms with E-state index >= 15 is 0 Å². The molecule has 0 N–H and O–H groups in total. The molecular weight excluding hydrogens is 278 g/mol. The maximum absolute atomic E-state index is 6.13. The van der Waals surface area contributed by atoms with Crippen molar-refractivity contribution in [2.75, 3.05) is 31.3 Å². The van der Waals surface area contributed by atoms with E-state index in [2.05, 4.69) is 35.5 Å². The van der Waals surface area contributed by atoms with E-state index in [-0.39, 0.29) is 0 Å². The van der Waals surface area contributed by atoms with E-state index in [0.717, 1.165) is 42.2 Å². The van der Waals surface area contributed by atoms with Crippen molar-refractivity contribution in [1.29, 1.82) is 0 Å². The lowest BCUT2D eigenvalue weighted by Gasteiger charge is -2.44. The molecule has 2 rings (SSSR count). The van der Waals surface area contributed by atoms with Crippen LogP contribution in [-0.4, -0.2) is 41.3 Å². The van der Waals surface area contributed by atoms with Crippen molar-refractivity contribution in [2.24, 2.45) is 0 Å². The molecule has 1 heterocycles. The lowest BCUT2D eigenvalue weighted by Crippen LogP contribution is -2.58. The standard InChI is InChI=1S/C14H20ClN3S/c1-4-16-9-17(5-2)14(19)18(10-16)13-8-12(15)7-6-11(13)3/h6-8H,4-5,9-10H2,1-3H3. The van der Waals surface area contributed by atoms with Gasteiger partial charge in [-0.15, -0.1) is 0 Å². The summed E-state index contributed by atoms with van der Waals surface area (Å²) in [5, 5.41) is 1.64. The molecule has 0 saturated carbocycles. The van der Waals surface area contributed by atoms with Gasteiger partial charge in [-0.25, -0.2) is 0 Å². The van der Waals surface area contributed by atoms with Crippen molar-refractivity contribution in [3.63, 3.8) is 0 Å². The Morgan fingerprint density at radius 2 is 1.95 bits per heavy atom. The molecule has 0 radical (unpaired) electrons. The average Bonchev–Trinajstić information content (AvgIpc) is 2.42. The van der Waals surface area contributed by atoms with Crippen molar-refractivity contribution in [2.45, 2.75) is 20.8 Å². The molecule has 1 aromatic carbocycles. The first kappa shape index (κ1) is 14.6. The number of rotatable bonds is 3. The molecule has 0 aliphatic carbocycles. The van der Waals surface area contributed by atoms with Crippen LogP contribution in [0.5, 0.6) is 0 Å². The molecule has 19 heavy (non-hydrogen) atoms. The van der Waals surface area contributed by atoms with Crippen LogP contribution in [0.3, 0.4) is 0 Å². The van der Waals surface area contributed by atoms with Crippen LogP contribution in [0.1, 0.15) is 19.4 Å². The topological polar surface area (TPSA) is 9.72 Å². The third-order valence-corrected chi connectivity index (χ3v) is 4.22. The fourth-order valence-electron chi connectivity index (χ4n) is 2.27. The van der Waals surface area contributed by atoms with Gasteiger partial charge in [-0.05, 0) is 50.3 Å². The van der Waals surface area contributed by atoms with E-state index in [1.165, 1.54) is 5.56 Å². The highest BCUT2D eigenvalue weighted by Crippen LogP contribution is 2.27. The normalized spacial score (nSPS) is 17.2. The second kappa shape index (κ2) is 6.07. The zero-order valence-corrected chi connectivity index (χ0v) is 13.3. The van der Waals surface area contributed by atoms with Gasteiger partial charge in [0.05, 0.1) is 13.3 Å². The van der Waals surface area contributed by atoms with Gasteiger partial charge >= 0.3 is 0 Å². The maximum atomic E-state index is 6.13. The van der Waals surface area contributed by atoms with Crippen molar-refractivity contribution >= 4 is 34.6 Å². The molecule has 1 aliphatic rings. The molecule has 0 aromatic heterocycles. The van der Waals surface area contributed by atoms with Gasteiger partial charge in [0.1, 0.15) is 0 Å².